The van der Waals surface area contributed by atoms with Crippen molar-refractivity contribution in [2.24, 2.45) is 0 Å². The minimum atomic E-state index is -1.09. The first kappa shape index (κ1) is 7.62. The van der Waals surface area contributed by atoms with E-state index in [1.807, 2.05) is 0 Å². The minimum absolute atomic E-state index is 0.437. The van der Waals surface area contributed by atoms with E-state index in [0.29, 0.717) is 0 Å². The predicted octanol–water partition coefficient (Wildman–Crippen LogP) is -1.11. The molecule has 2 atom stereocenters. The van der Waals surface area contributed by atoms with Crippen molar-refractivity contribution in [2.75, 3.05) is 6.61 Å². The molecule has 3 N–H and O–H groups in total. The van der Waals surface area contributed by atoms with E-state index in [2.05, 4.69) is 6.58 Å². The monoisotopic (exact) mass is 118 g/mol. The lowest BCUT2D eigenvalue weighted by molar-refractivity contribution is 0.00964. The van der Waals surface area contributed by atoms with E-state index < -0.39 is 18.8 Å². The highest BCUT2D eigenvalue weighted by Crippen LogP contribution is 1.90. The van der Waals surface area contributed by atoms with Gasteiger partial charge in [-0.05, 0) is 0 Å². The van der Waals surface area contributed by atoms with Gasteiger partial charge < -0.3 is 15.3 Å². The molecule has 0 heterocycles. The molecule has 0 radical (unpaired) electrons. The zero-order valence-electron chi connectivity index (χ0n) is 4.49. The molecule has 3 nitrogen and oxygen atoms in total. The number of aliphatic hydroxyl groups excluding tert-OH is 3. The average Bonchev–Trinajstić information content (AvgIpc) is 1.84. The summed E-state index contributed by atoms with van der Waals surface area (Å²) in [4.78, 5) is 0. The maximum absolute atomic E-state index is 8.60. The first-order chi connectivity index (χ1) is 3.72. The third-order valence-corrected chi connectivity index (χ3v) is 0.823. The van der Waals surface area contributed by atoms with E-state index >= 15 is 0 Å². The molecule has 0 aliphatic rings. The first-order valence-electron chi connectivity index (χ1n) is 2.32. The van der Waals surface area contributed by atoms with Crippen molar-refractivity contribution in [3.8, 4) is 0 Å². The highest BCUT2D eigenvalue weighted by atomic mass is 16.4. The van der Waals surface area contributed by atoms with E-state index in [1.54, 1.807) is 0 Å². The molecule has 0 rings (SSSR count). The molecule has 8 heavy (non-hydrogen) atoms. The molecule has 3 heteroatoms. The van der Waals surface area contributed by atoms with Crippen molar-refractivity contribution in [3.05, 3.63) is 12.7 Å². The van der Waals surface area contributed by atoms with Gasteiger partial charge in [0.05, 0.1) is 12.7 Å². The van der Waals surface area contributed by atoms with E-state index in [0.717, 1.165) is 0 Å². The van der Waals surface area contributed by atoms with Crippen molar-refractivity contribution in [2.45, 2.75) is 12.2 Å². The van der Waals surface area contributed by atoms with Gasteiger partial charge in [0.25, 0.3) is 0 Å². The Morgan fingerprint density at radius 2 is 2.00 bits per heavy atom. The first-order valence-corrected chi connectivity index (χ1v) is 2.32. The molecule has 0 fully saturated rings. The van der Waals surface area contributed by atoms with Crippen molar-refractivity contribution >= 4 is 0 Å². The van der Waals surface area contributed by atoms with Gasteiger partial charge in [-0.15, -0.1) is 6.58 Å². The van der Waals surface area contributed by atoms with Crippen molar-refractivity contribution in [3.63, 3.8) is 0 Å². The van der Waals surface area contributed by atoms with Crippen LogP contribution in [0.2, 0.25) is 0 Å². The number of hydrogen-bond acceptors (Lipinski definition) is 3. The third-order valence-electron chi connectivity index (χ3n) is 0.823. The van der Waals surface area contributed by atoms with Crippen LogP contribution >= 0.6 is 0 Å². The summed E-state index contributed by atoms with van der Waals surface area (Å²) >= 11 is 0. The summed E-state index contributed by atoms with van der Waals surface area (Å²) in [5, 5.41) is 25.3. The predicted molar refractivity (Wildman–Crippen MR) is 29.3 cm³/mol. The summed E-state index contributed by atoms with van der Waals surface area (Å²) < 4.78 is 0. The fourth-order valence-electron chi connectivity index (χ4n) is 0.265. The Bertz CT molecular complexity index is 72.1. The maximum atomic E-state index is 8.60. The van der Waals surface area contributed by atoms with Gasteiger partial charge in [-0.3, -0.25) is 0 Å². The Labute approximate surface area is 47.9 Å². The van der Waals surface area contributed by atoms with Crippen molar-refractivity contribution < 1.29 is 15.3 Å². The Balaban J connectivity index is 3.44. The molecule has 0 saturated carbocycles. The van der Waals surface area contributed by atoms with Crippen LogP contribution in [0.3, 0.4) is 0 Å². The number of aliphatic hydroxyl groups is 3. The van der Waals surface area contributed by atoms with Crippen molar-refractivity contribution in [1.29, 1.82) is 0 Å². The Hall–Kier alpha value is -0.380. The van der Waals surface area contributed by atoms with Crippen LogP contribution in [-0.2, 0) is 0 Å². The highest BCUT2D eigenvalue weighted by molar-refractivity contribution is 4.83. The lowest BCUT2D eigenvalue weighted by Crippen LogP contribution is -2.26. The maximum Gasteiger partial charge on any atom is 0.106 e. The van der Waals surface area contributed by atoms with Crippen LogP contribution < -0.4 is 0 Å². The van der Waals surface area contributed by atoms with Gasteiger partial charge in [-0.25, -0.2) is 0 Å². The summed E-state index contributed by atoms with van der Waals surface area (Å²) in [6.07, 6.45) is -0.937. The molecule has 0 amide bonds. The zero-order chi connectivity index (χ0) is 6.57. The van der Waals surface area contributed by atoms with Crippen LogP contribution in [0.25, 0.3) is 0 Å². The molecule has 0 aromatic rings. The fourth-order valence-corrected chi connectivity index (χ4v) is 0.265. The molecule has 0 aromatic carbocycles. The zero-order valence-corrected chi connectivity index (χ0v) is 4.49. The van der Waals surface area contributed by atoms with Crippen LogP contribution in [0, 0.1) is 0 Å². The van der Waals surface area contributed by atoms with Crippen molar-refractivity contribution in [1.82, 2.24) is 0 Å². The van der Waals surface area contributed by atoms with Crippen LogP contribution in [-0.4, -0.2) is 34.1 Å². The standard InChI is InChI=1S/C5H10O3/c1-2-4(7)5(8)3-6/h2,4-8H,1,3H2/t4-,5+/m1/s1. The highest BCUT2D eigenvalue weighted by Gasteiger charge is 2.09. The number of hydrogen-bond donors (Lipinski definition) is 3. The van der Waals surface area contributed by atoms with Gasteiger partial charge in [0, 0.05) is 0 Å². The second kappa shape index (κ2) is 3.60. The van der Waals surface area contributed by atoms with E-state index in [1.165, 1.54) is 6.08 Å². The Kier molecular flexibility index (Phi) is 3.43. The van der Waals surface area contributed by atoms with Crippen LogP contribution in [0.4, 0.5) is 0 Å². The topological polar surface area (TPSA) is 60.7 Å². The summed E-state index contributed by atoms with van der Waals surface area (Å²) in [6, 6.07) is 0. The van der Waals surface area contributed by atoms with Gasteiger partial charge in [0.15, 0.2) is 0 Å². The van der Waals surface area contributed by atoms with Gasteiger partial charge in [-0.1, -0.05) is 6.08 Å². The molecule has 0 saturated heterocycles. The summed E-state index contributed by atoms with van der Waals surface area (Å²) in [6.45, 7) is 2.77. The SMILES string of the molecule is C=C[C@@H](O)[C@@H](O)CO. The van der Waals surface area contributed by atoms with Gasteiger partial charge in [0.1, 0.15) is 6.10 Å². The summed E-state index contributed by atoms with van der Waals surface area (Å²) in [5.74, 6) is 0. The van der Waals surface area contributed by atoms with E-state index in [-0.39, 0.29) is 0 Å². The molecule has 0 aliphatic heterocycles. The molecular formula is C5H10O3. The second-order valence-electron chi connectivity index (χ2n) is 1.48. The summed E-state index contributed by atoms with van der Waals surface area (Å²) in [5.41, 5.74) is 0. The lowest BCUT2D eigenvalue weighted by atomic mass is 10.2. The molecule has 0 aromatic heterocycles. The van der Waals surface area contributed by atoms with Gasteiger partial charge in [0.2, 0.25) is 0 Å². The van der Waals surface area contributed by atoms with Crippen LogP contribution in [0.15, 0.2) is 12.7 Å². The van der Waals surface area contributed by atoms with Crippen LogP contribution in [0.1, 0.15) is 0 Å². The quantitative estimate of drug-likeness (QED) is 0.412. The van der Waals surface area contributed by atoms with Gasteiger partial charge >= 0.3 is 0 Å². The van der Waals surface area contributed by atoms with E-state index in [9.17, 15) is 0 Å². The number of rotatable bonds is 3. The fraction of sp³-hybridized carbons (Fsp3) is 0.600. The van der Waals surface area contributed by atoms with E-state index in [4.69, 9.17) is 15.3 Å². The molecule has 0 spiro atoms. The largest absolute Gasteiger partial charge is 0.394 e. The van der Waals surface area contributed by atoms with Crippen LogP contribution in [0.5, 0.6) is 0 Å². The minimum Gasteiger partial charge on any atom is -0.394 e. The normalized spacial score (nSPS) is 17.4. The third kappa shape index (κ3) is 2.07. The van der Waals surface area contributed by atoms with Gasteiger partial charge in [-0.2, -0.15) is 0 Å². The average molecular weight is 118 g/mol. The second-order valence-corrected chi connectivity index (χ2v) is 1.48. The lowest BCUT2D eigenvalue weighted by Gasteiger charge is -2.09. The smallest absolute Gasteiger partial charge is 0.106 e. The molecule has 48 valence electrons. The Morgan fingerprint density at radius 3 is 2.12 bits per heavy atom. The molecular weight excluding hydrogens is 108 g/mol. The molecule has 0 aliphatic carbocycles. The Morgan fingerprint density at radius 1 is 1.50 bits per heavy atom. The molecule has 0 bridgehead atoms. The summed E-state index contributed by atoms with van der Waals surface area (Å²) in [7, 11) is 0. The molecule has 0 unspecified atom stereocenters.